The van der Waals surface area contributed by atoms with Crippen molar-refractivity contribution in [3.8, 4) is 0 Å². The first kappa shape index (κ1) is 11.5. The van der Waals surface area contributed by atoms with Gasteiger partial charge in [-0.2, -0.15) is 0 Å². The lowest BCUT2D eigenvalue weighted by Crippen LogP contribution is -2.26. The third-order valence-electron chi connectivity index (χ3n) is 2.56. The lowest BCUT2D eigenvalue weighted by atomic mass is 10.3. The summed E-state index contributed by atoms with van der Waals surface area (Å²) in [5.41, 5.74) is 6.45. The molecule has 88 valence electrons. The number of rotatable bonds is 5. The molecule has 2 rings (SSSR count). The summed E-state index contributed by atoms with van der Waals surface area (Å²) in [6.45, 7) is 2.57. The molecule has 1 heterocycles. The zero-order valence-electron chi connectivity index (χ0n) is 9.45. The van der Waals surface area contributed by atoms with Crippen molar-refractivity contribution in [2.24, 2.45) is 5.73 Å². The van der Waals surface area contributed by atoms with Crippen LogP contribution < -0.4 is 11.1 Å². The van der Waals surface area contributed by atoms with E-state index in [0.29, 0.717) is 19.0 Å². The van der Waals surface area contributed by atoms with Crippen LogP contribution in [0.3, 0.4) is 0 Å². The fraction of sp³-hybridized carbons (Fsp3) is 0.636. The normalized spacial score (nSPS) is 15.1. The van der Waals surface area contributed by atoms with Crippen LogP contribution in [0.5, 0.6) is 0 Å². The fourth-order valence-corrected chi connectivity index (χ4v) is 2.62. The highest BCUT2D eigenvalue weighted by atomic mass is 32.1. The van der Waals surface area contributed by atoms with Crippen LogP contribution in [0.1, 0.15) is 28.4 Å². The molecule has 1 aromatic heterocycles. The highest BCUT2D eigenvalue weighted by molar-refractivity contribution is 7.11. The van der Waals surface area contributed by atoms with E-state index in [4.69, 9.17) is 5.73 Å². The summed E-state index contributed by atoms with van der Waals surface area (Å²) in [7, 11) is 0. The van der Waals surface area contributed by atoms with Gasteiger partial charge in [-0.25, -0.2) is 4.98 Å². The second-order valence-corrected chi connectivity index (χ2v) is 5.34. The van der Waals surface area contributed by atoms with Gasteiger partial charge in [0, 0.05) is 17.3 Å². The number of nitrogens with zero attached hydrogens (tertiary/aromatic N) is 1. The minimum Gasteiger partial charge on any atom is -0.353 e. The predicted octanol–water partition coefficient (Wildman–Crippen LogP) is 0.774. The van der Waals surface area contributed by atoms with Crippen LogP contribution in [0.2, 0.25) is 0 Å². The molecule has 16 heavy (non-hydrogen) atoms. The van der Waals surface area contributed by atoms with E-state index in [9.17, 15) is 4.79 Å². The summed E-state index contributed by atoms with van der Waals surface area (Å²) in [6, 6.07) is 0.434. The van der Waals surface area contributed by atoms with Crippen LogP contribution in [0.4, 0.5) is 0 Å². The van der Waals surface area contributed by atoms with E-state index in [-0.39, 0.29) is 5.91 Å². The monoisotopic (exact) mass is 239 g/mol. The zero-order valence-corrected chi connectivity index (χ0v) is 10.3. The summed E-state index contributed by atoms with van der Waals surface area (Å²) < 4.78 is 0. The van der Waals surface area contributed by atoms with Crippen LogP contribution in [-0.4, -0.2) is 23.5 Å². The molecule has 1 aliphatic rings. The SMILES string of the molecule is Cc1nc(CCN)sc1CC(=O)NC1CC1. The number of thiazole rings is 1. The molecule has 0 spiro atoms. The molecule has 0 atom stereocenters. The molecule has 0 radical (unpaired) electrons. The molecule has 4 nitrogen and oxygen atoms in total. The summed E-state index contributed by atoms with van der Waals surface area (Å²) >= 11 is 1.61. The number of nitrogens with two attached hydrogens (primary N) is 1. The maximum Gasteiger partial charge on any atom is 0.225 e. The molecule has 3 N–H and O–H groups in total. The molecule has 1 amide bonds. The van der Waals surface area contributed by atoms with Crippen molar-refractivity contribution in [3.63, 3.8) is 0 Å². The number of hydrogen-bond donors (Lipinski definition) is 2. The van der Waals surface area contributed by atoms with Crippen molar-refractivity contribution < 1.29 is 4.79 Å². The van der Waals surface area contributed by atoms with Crippen molar-refractivity contribution in [1.29, 1.82) is 0 Å². The van der Waals surface area contributed by atoms with Crippen LogP contribution >= 0.6 is 11.3 Å². The molecule has 1 saturated carbocycles. The first-order valence-corrected chi connectivity index (χ1v) is 6.45. The molecule has 5 heteroatoms. The summed E-state index contributed by atoms with van der Waals surface area (Å²) in [5.74, 6) is 0.119. The molecule has 1 aliphatic carbocycles. The highest BCUT2D eigenvalue weighted by Crippen LogP contribution is 2.21. The van der Waals surface area contributed by atoms with Gasteiger partial charge >= 0.3 is 0 Å². The minimum atomic E-state index is 0.119. The molecular formula is C11H17N3OS. The lowest BCUT2D eigenvalue weighted by molar-refractivity contribution is -0.120. The van der Waals surface area contributed by atoms with Gasteiger partial charge in [-0.05, 0) is 26.3 Å². The molecule has 0 aliphatic heterocycles. The Morgan fingerprint density at radius 3 is 3.00 bits per heavy atom. The number of carbonyl (C=O) groups excluding carboxylic acids is 1. The Morgan fingerprint density at radius 2 is 2.38 bits per heavy atom. The van der Waals surface area contributed by atoms with E-state index in [1.165, 1.54) is 0 Å². The second kappa shape index (κ2) is 4.93. The Labute approximate surface area is 99.3 Å². The Bertz CT molecular complexity index is 385. The topological polar surface area (TPSA) is 68.0 Å². The van der Waals surface area contributed by atoms with Gasteiger partial charge in [0.05, 0.1) is 17.1 Å². The number of carbonyl (C=O) groups is 1. The summed E-state index contributed by atoms with van der Waals surface area (Å²) in [6.07, 6.45) is 3.53. The third kappa shape index (κ3) is 3.02. The van der Waals surface area contributed by atoms with Gasteiger partial charge in [-0.1, -0.05) is 0 Å². The first-order valence-electron chi connectivity index (χ1n) is 5.63. The van der Waals surface area contributed by atoms with Gasteiger partial charge in [0.15, 0.2) is 0 Å². The van der Waals surface area contributed by atoms with Crippen LogP contribution in [0.25, 0.3) is 0 Å². The smallest absolute Gasteiger partial charge is 0.225 e. The van der Waals surface area contributed by atoms with Gasteiger partial charge in [-0.3, -0.25) is 4.79 Å². The average Bonchev–Trinajstić information content (AvgIpc) is 2.94. The van der Waals surface area contributed by atoms with E-state index in [0.717, 1.165) is 34.8 Å². The number of nitrogens with one attached hydrogen (secondary N) is 1. The molecule has 0 bridgehead atoms. The molecule has 1 aromatic rings. The molecule has 0 unspecified atom stereocenters. The maximum atomic E-state index is 11.6. The van der Waals surface area contributed by atoms with Gasteiger partial charge in [0.2, 0.25) is 5.91 Å². The van der Waals surface area contributed by atoms with E-state index in [1.807, 2.05) is 6.92 Å². The minimum absolute atomic E-state index is 0.119. The largest absolute Gasteiger partial charge is 0.353 e. The van der Waals surface area contributed by atoms with Crippen LogP contribution in [0, 0.1) is 6.92 Å². The standard InChI is InChI=1S/C11H17N3OS/c1-7-9(16-11(13-7)4-5-12)6-10(15)14-8-2-3-8/h8H,2-6,12H2,1H3,(H,14,15). The Balaban J connectivity index is 1.93. The number of hydrogen-bond acceptors (Lipinski definition) is 4. The molecular weight excluding hydrogens is 222 g/mol. The van der Waals surface area contributed by atoms with Gasteiger partial charge < -0.3 is 11.1 Å². The number of amides is 1. The Kier molecular flexibility index (Phi) is 3.56. The second-order valence-electron chi connectivity index (χ2n) is 4.17. The van der Waals surface area contributed by atoms with Crippen LogP contribution in [0.15, 0.2) is 0 Å². The van der Waals surface area contributed by atoms with Gasteiger partial charge in [-0.15, -0.1) is 11.3 Å². The van der Waals surface area contributed by atoms with Crippen molar-refractivity contribution in [2.75, 3.05) is 6.54 Å². The van der Waals surface area contributed by atoms with Gasteiger partial charge in [0.25, 0.3) is 0 Å². The fourth-order valence-electron chi connectivity index (χ4n) is 1.53. The third-order valence-corrected chi connectivity index (χ3v) is 3.78. The van der Waals surface area contributed by atoms with Gasteiger partial charge in [0.1, 0.15) is 0 Å². The molecule has 0 aromatic carbocycles. The quantitative estimate of drug-likeness (QED) is 0.797. The number of aryl methyl sites for hydroxylation is 1. The average molecular weight is 239 g/mol. The summed E-state index contributed by atoms with van der Waals surface area (Å²) in [4.78, 5) is 17.1. The zero-order chi connectivity index (χ0) is 11.5. The van der Waals surface area contributed by atoms with Crippen molar-refractivity contribution in [1.82, 2.24) is 10.3 Å². The van der Waals surface area contributed by atoms with E-state index >= 15 is 0 Å². The predicted molar refractivity (Wildman–Crippen MR) is 64.5 cm³/mol. The van der Waals surface area contributed by atoms with Crippen LogP contribution in [-0.2, 0) is 17.6 Å². The first-order chi connectivity index (χ1) is 7.69. The van der Waals surface area contributed by atoms with Crippen molar-refractivity contribution in [3.05, 3.63) is 15.6 Å². The van der Waals surface area contributed by atoms with Crippen molar-refractivity contribution >= 4 is 17.2 Å². The molecule has 1 fully saturated rings. The molecule has 0 saturated heterocycles. The maximum absolute atomic E-state index is 11.6. The van der Waals surface area contributed by atoms with E-state index in [1.54, 1.807) is 11.3 Å². The Hall–Kier alpha value is -0.940. The van der Waals surface area contributed by atoms with E-state index < -0.39 is 0 Å². The van der Waals surface area contributed by atoms with E-state index in [2.05, 4.69) is 10.3 Å². The summed E-state index contributed by atoms with van der Waals surface area (Å²) in [5, 5.41) is 4.02. The Morgan fingerprint density at radius 1 is 1.62 bits per heavy atom. The number of aromatic nitrogens is 1. The van der Waals surface area contributed by atoms with Crippen molar-refractivity contribution in [2.45, 2.75) is 38.6 Å². The highest BCUT2D eigenvalue weighted by Gasteiger charge is 2.23. The lowest BCUT2D eigenvalue weighted by Gasteiger charge is -2.01.